The monoisotopic (exact) mass is 354 g/mol. The summed E-state index contributed by atoms with van der Waals surface area (Å²) in [5.74, 6) is -0.355. The van der Waals surface area contributed by atoms with E-state index in [0.717, 1.165) is 6.54 Å². The maximum atomic E-state index is 11.9. The highest BCUT2D eigenvalue weighted by atomic mass is 16.6. The molecule has 0 aromatic heterocycles. The Morgan fingerprint density at radius 3 is 2.54 bits per heavy atom. The van der Waals surface area contributed by atoms with E-state index in [4.69, 9.17) is 4.74 Å². The minimum absolute atomic E-state index is 0.00716. The summed E-state index contributed by atoms with van der Waals surface area (Å²) in [6.45, 7) is 2.15. The topological polar surface area (TPSA) is 72.7 Å². The van der Waals surface area contributed by atoms with Gasteiger partial charge in [0.05, 0.1) is 18.5 Å². The maximum absolute atomic E-state index is 11.9. The van der Waals surface area contributed by atoms with Crippen LogP contribution in [-0.2, 0) is 16.1 Å². The Labute approximate surface area is 152 Å². The highest BCUT2D eigenvalue weighted by molar-refractivity contribution is 5.69. The largest absolute Gasteiger partial charge is 0.469 e. The smallest absolute Gasteiger partial charge is 0.305 e. The molecule has 2 aromatic rings. The molecule has 1 aliphatic heterocycles. The molecule has 6 nitrogen and oxygen atoms in total. The van der Waals surface area contributed by atoms with E-state index in [2.05, 4.69) is 17.0 Å². The number of nitrogens with zero attached hydrogens (tertiary/aromatic N) is 2. The number of esters is 1. The van der Waals surface area contributed by atoms with Gasteiger partial charge in [0.15, 0.2) is 0 Å². The van der Waals surface area contributed by atoms with Crippen LogP contribution in [0.2, 0.25) is 0 Å². The molecule has 0 bridgehead atoms. The lowest BCUT2D eigenvalue weighted by molar-refractivity contribution is -0.385. The Morgan fingerprint density at radius 2 is 1.85 bits per heavy atom. The van der Waals surface area contributed by atoms with Gasteiger partial charge in [-0.25, -0.2) is 0 Å². The molecule has 3 rings (SSSR count). The quantitative estimate of drug-likeness (QED) is 0.452. The zero-order chi connectivity index (χ0) is 18.5. The molecule has 1 heterocycles. The van der Waals surface area contributed by atoms with Crippen molar-refractivity contribution in [2.24, 2.45) is 5.92 Å². The van der Waals surface area contributed by atoms with Gasteiger partial charge >= 0.3 is 5.97 Å². The lowest BCUT2D eigenvalue weighted by Crippen LogP contribution is -2.21. The zero-order valence-electron chi connectivity index (χ0n) is 14.7. The first-order valence-corrected chi connectivity index (χ1v) is 8.65. The molecular formula is C20H22N2O4. The van der Waals surface area contributed by atoms with E-state index in [1.807, 2.05) is 24.3 Å². The van der Waals surface area contributed by atoms with Crippen LogP contribution in [0.5, 0.6) is 0 Å². The standard InChI is InChI=1S/C20H22N2O4/c1-26-20(23)11-16-13-21(12-15-7-3-2-4-8-15)14-18(16)17-9-5-6-10-19(17)22(24)25/h2-10,16,18H,11-14H2,1H3/t16-,18-/m0/s1. The summed E-state index contributed by atoms with van der Waals surface area (Å²) in [6, 6.07) is 16.9. The number of rotatable bonds is 6. The highest BCUT2D eigenvalue weighted by Gasteiger charge is 2.38. The average Bonchev–Trinajstić information content (AvgIpc) is 3.04. The van der Waals surface area contributed by atoms with Gasteiger partial charge in [0.25, 0.3) is 5.69 Å². The van der Waals surface area contributed by atoms with Crippen molar-refractivity contribution in [3.8, 4) is 0 Å². The van der Waals surface area contributed by atoms with Crippen molar-refractivity contribution < 1.29 is 14.5 Å². The van der Waals surface area contributed by atoms with Gasteiger partial charge in [0.1, 0.15) is 0 Å². The van der Waals surface area contributed by atoms with Crippen LogP contribution in [-0.4, -0.2) is 36.0 Å². The third-order valence-corrected chi connectivity index (χ3v) is 4.96. The number of hydrogen-bond acceptors (Lipinski definition) is 5. The first-order chi connectivity index (χ1) is 12.6. The molecule has 0 radical (unpaired) electrons. The summed E-state index contributed by atoms with van der Waals surface area (Å²) < 4.78 is 4.84. The molecule has 0 amide bonds. The van der Waals surface area contributed by atoms with E-state index in [1.54, 1.807) is 12.1 Å². The normalized spacial score (nSPS) is 20.0. The summed E-state index contributed by atoms with van der Waals surface area (Å²) in [6.07, 6.45) is 0.262. The van der Waals surface area contributed by atoms with Crippen molar-refractivity contribution in [2.45, 2.75) is 18.9 Å². The number of carbonyl (C=O) groups excluding carboxylic acids is 1. The van der Waals surface area contributed by atoms with Gasteiger partial charge in [-0.05, 0) is 11.5 Å². The van der Waals surface area contributed by atoms with E-state index in [-0.39, 0.29) is 34.8 Å². The van der Waals surface area contributed by atoms with Gasteiger partial charge < -0.3 is 4.74 Å². The van der Waals surface area contributed by atoms with E-state index in [9.17, 15) is 14.9 Å². The van der Waals surface area contributed by atoms with Gasteiger partial charge in [-0.2, -0.15) is 0 Å². The number of likely N-dealkylation sites (tertiary alicyclic amines) is 1. The molecule has 0 saturated carbocycles. The van der Waals surface area contributed by atoms with Crippen molar-refractivity contribution >= 4 is 11.7 Å². The van der Waals surface area contributed by atoms with Crippen molar-refractivity contribution in [1.82, 2.24) is 4.90 Å². The Bertz CT molecular complexity index is 778. The Morgan fingerprint density at radius 1 is 1.15 bits per heavy atom. The molecule has 1 aliphatic rings. The van der Waals surface area contributed by atoms with Crippen LogP contribution in [0.25, 0.3) is 0 Å². The van der Waals surface area contributed by atoms with Crippen LogP contribution in [0.1, 0.15) is 23.5 Å². The van der Waals surface area contributed by atoms with Gasteiger partial charge in [-0.3, -0.25) is 19.8 Å². The molecule has 1 fully saturated rings. The molecule has 0 N–H and O–H groups in total. The van der Waals surface area contributed by atoms with Gasteiger partial charge in [0.2, 0.25) is 0 Å². The summed E-state index contributed by atoms with van der Waals surface area (Å²) >= 11 is 0. The Hall–Kier alpha value is -2.73. The third kappa shape index (κ3) is 4.08. The second-order valence-corrected chi connectivity index (χ2v) is 6.64. The van der Waals surface area contributed by atoms with Gasteiger partial charge in [0, 0.05) is 37.2 Å². The number of benzene rings is 2. The fourth-order valence-electron chi connectivity index (χ4n) is 3.76. The molecule has 0 aliphatic carbocycles. The predicted molar refractivity (Wildman–Crippen MR) is 97.7 cm³/mol. The Kier molecular flexibility index (Phi) is 5.63. The van der Waals surface area contributed by atoms with Crippen LogP contribution in [0, 0.1) is 16.0 Å². The number of ether oxygens (including phenoxy) is 1. The zero-order valence-corrected chi connectivity index (χ0v) is 14.7. The van der Waals surface area contributed by atoms with Crippen LogP contribution in [0.4, 0.5) is 5.69 Å². The number of nitro benzene ring substituents is 1. The third-order valence-electron chi connectivity index (χ3n) is 4.96. The van der Waals surface area contributed by atoms with Gasteiger partial charge in [-0.15, -0.1) is 0 Å². The number of nitro groups is 1. The predicted octanol–water partition coefficient (Wildman–Crippen LogP) is 3.37. The fraction of sp³-hybridized carbons (Fsp3) is 0.350. The summed E-state index contributed by atoms with van der Waals surface area (Å²) in [5.41, 5.74) is 2.00. The fourth-order valence-corrected chi connectivity index (χ4v) is 3.76. The number of carbonyl (C=O) groups is 1. The van der Waals surface area contributed by atoms with Crippen molar-refractivity contribution in [2.75, 3.05) is 20.2 Å². The van der Waals surface area contributed by atoms with Crippen molar-refractivity contribution in [1.29, 1.82) is 0 Å². The molecular weight excluding hydrogens is 332 g/mol. The van der Waals surface area contributed by atoms with Crippen LogP contribution in [0.15, 0.2) is 54.6 Å². The van der Waals surface area contributed by atoms with E-state index in [0.29, 0.717) is 18.7 Å². The van der Waals surface area contributed by atoms with Gasteiger partial charge in [-0.1, -0.05) is 48.5 Å². The van der Waals surface area contributed by atoms with Crippen LogP contribution < -0.4 is 0 Å². The second-order valence-electron chi connectivity index (χ2n) is 6.64. The molecule has 2 atom stereocenters. The molecule has 1 saturated heterocycles. The van der Waals surface area contributed by atoms with E-state index >= 15 is 0 Å². The molecule has 0 unspecified atom stereocenters. The molecule has 26 heavy (non-hydrogen) atoms. The van der Waals surface area contributed by atoms with Crippen molar-refractivity contribution in [3.05, 3.63) is 75.8 Å². The molecule has 2 aromatic carbocycles. The first kappa shape index (κ1) is 18.1. The summed E-state index contributed by atoms with van der Waals surface area (Å²) in [4.78, 5) is 25.2. The van der Waals surface area contributed by atoms with E-state index in [1.165, 1.54) is 18.7 Å². The first-order valence-electron chi connectivity index (χ1n) is 8.65. The SMILES string of the molecule is COC(=O)C[C@H]1CN(Cc2ccccc2)C[C@@H]1c1ccccc1[N+](=O)[O-]. The number of methoxy groups -OCH3 is 1. The summed E-state index contributed by atoms with van der Waals surface area (Å²) in [5, 5.41) is 11.4. The molecule has 6 heteroatoms. The maximum Gasteiger partial charge on any atom is 0.305 e. The average molecular weight is 354 g/mol. The highest BCUT2D eigenvalue weighted by Crippen LogP contribution is 2.39. The van der Waals surface area contributed by atoms with E-state index < -0.39 is 0 Å². The minimum atomic E-state index is -0.343. The summed E-state index contributed by atoms with van der Waals surface area (Å²) in [7, 11) is 1.37. The van der Waals surface area contributed by atoms with Crippen LogP contribution in [0.3, 0.4) is 0 Å². The lowest BCUT2D eigenvalue weighted by atomic mass is 9.86. The molecule has 136 valence electrons. The number of hydrogen-bond donors (Lipinski definition) is 0. The second kappa shape index (κ2) is 8.10. The van der Waals surface area contributed by atoms with Crippen molar-refractivity contribution in [3.63, 3.8) is 0 Å². The lowest BCUT2D eigenvalue weighted by Gasteiger charge is -2.17. The Balaban J connectivity index is 1.85. The minimum Gasteiger partial charge on any atom is -0.469 e. The van der Waals surface area contributed by atoms with Crippen LogP contribution >= 0.6 is 0 Å². The number of para-hydroxylation sites is 1. The molecule has 0 spiro atoms.